The zero-order valence-corrected chi connectivity index (χ0v) is 24.2. The van der Waals surface area contributed by atoms with Crippen LogP contribution in [0.1, 0.15) is 38.7 Å². The molecule has 0 aliphatic rings. The number of nitrogens with one attached hydrogen (secondary N) is 2. The van der Waals surface area contributed by atoms with Gasteiger partial charge in [-0.2, -0.15) is 23.1 Å². The van der Waals surface area contributed by atoms with Crippen LogP contribution in [0.5, 0.6) is 0 Å². The van der Waals surface area contributed by atoms with Crippen molar-refractivity contribution in [3.05, 3.63) is 22.4 Å². The number of hydrogen-bond donors (Lipinski definition) is 3. The van der Waals surface area contributed by atoms with Gasteiger partial charge >= 0.3 is 17.9 Å². The molecule has 3 atom stereocenters. The molecule has 1 rings (SSSR count). The molecule has 1 heterocycles. The number of carbonyl (C=O) groups is 4. The second-order valence-electron chi connectivity index (χ2n) is 7.92. The van der Waals surface area contributed by atoms with Crippen molar-refractivity contribution >= 4 is 69.4 Å². The second-order valence-corrected chi connectivity index (χ2v) is 11.1. The molecule has 0 aromatic carbocycles. The first-order valence-corrected chi connectivity index (χ1v) is 15.8. The summed E-state index contributed by atoms with van der Waals surface area (Å²) in [6.07, 6.45) is 3.36. The summed E-state index contributed by atoms with van der Waals surface area (Å²) in [7, 11) is 1.39. The second kappa shape index (κ2) is 19.7. The Labute approximate surface area is 230 Å². The lowest BCUT2D eigenvalue weighted by molar-refractivity contribution is -0.164. The number of hydrogen-bond acceptors (Lipinski definition) is 12. The van der Waals surface area contributed by atoms with Crippen LogP contribution in [0.3, 0.4) is 0 Å². The molecule has 0 saturated heterocycles. The minimum atomic E-state index is -0.890. The number of rotatable bonds is 19. The molecule has 1 aromatic rings. The van der Waals surface area contributed by atoms with Crippen molar-refractivity contribution in [2.45, 2.75) is 51.0 Å². The Bertz CT molecular complexity index is 795. The fourth-order valence-corrected chi connectivity index (χ4v) is 5.24. The van der Waals surface area contributed by atoms with Gasteiger partial charge in [-0.15, -0.1) is 11.7 Å². The van der Waals surface area contributed by atoms with Crippen LogP contribution in [-0.2, 0) is 39.8 Å². The zero-order valence-electron chi connectivity index (χ0n) is 20.9. The van der Waals surface area contributed by atoms with Gasteiger partial charge in [0.2, 0.25) is 5.91 Å². The molecule has 0 aliphatic heterocycles. The van der Waals surface area contributed by atoms with Gasteiger partial charge in [-0.05, 0) is 60.2 Å². The first-order valence-electron chi connectivity index (χ1n) is 11.5. The minimum Gasteiger partial charge on any atom is -0.462 e. The van der Waals surface area contributed by atoms with Crippen molar-refractivity contribution in [1.29, 1.82) is 0 Å². The molecular formula is C23H36N2O7S4. The van der Waals surface area contributed by atoms with Gasteiger partial charge in [0.1, 0.15) is 13.2 Å². The van der Waals surface area contributed by atoms with Crippen molar-refractivity contribution in [3.63, 3.8) is 0 Å². The quantitative estimate of drug-likeness (QED) is 0.0562. The molecule has 13 heteroatoms. The Hall–Kier alpha value is -1.41. The molecule has 204 valence electrons. The van der Waals surface area contributed by atoms with Crippen LogP contribution in [-0.4, -0.2) is 73.6 Å². The summed E-state index contributed by atoms with van der Waals surface area (Å²) in [6.45, 7) is 2.94. The van der Waals surface area contributed by atoms with Gasteiger partial charge in [0.15, 0.2) is 6.10 Å². The predicted octanol–water partition coefficient (Wildman–Crippen LogP) is 3.09. The van der Waals surface area contributed by atoms with E-state index < -0.39 is 24.0 Å². The third-order valence-corrected chi connectivity index (χ3v) is 7.63. The van der Waals surface area contributed by atoms with Gasteiger partial charge < -0.3 is 24.8 Å². The summed E-state index contributed by atoms with van der Waals surface area (Å²) < 4.78 is 14.9. The fraction of sp³-hybridized carbons (Fsp3) is 0.652. The maximum absolute atomic E-state index is 13.0. The third kappa shape index (κ3) is 15.6. The van der Waals surface area contributed by atoms with Gasteiger partial charge in [-0.25, -0.2) is 0 Å². The highest BCUT2D eigenvalue weighted by Crippen LogP contribution is 2.24. The van der Waals surface area contributed by atoms with Gasteiger partial charge in [0, 0.05) is 26.3 Å². The number of esters is 3. The molecule has 1 amide bonds. The van der Waals surface area contributed by atoms with Crippen molar-refractivity contribution in [2.24, 2.45) is 5.92 Å². The molecule has 2 N–H and O–H groups in total. The van der Waals surface area contributed by atoms with Gasteiger partial charge in [0.05, 0.1) is 11.8 Å². The number of thioether (sulfide) groups is 1. The monoisotopic (exact) mass is 580 g/mol. The van der Waals surface area contributed by atoms with E-state index in [0.717, 1.165) is 24.3 Å². The first kappa shape index (κ1) is 32.6. The third-order valence-electron chi connectivity index (χ3n) is 4.82. The normalized spacial score (nSPS) is 13.3. The molecule has 9 nitrogen and oxygen atoms in total. The zero-order chi connectivity index (χ0) is 26.8. The summed E-state index contributed by atoms with van der Waals surface area (Å²) >= 11 is 7.76. The summed E-state index contributed by atoms with van der Waals surface area (Å²) in [4.78, 5) is 47.3. The van der Waals surface area contributed by atoms with E-state index in [2.05, 4.69) is 28.6 Å². The highest BCUT2D eigenvalue weighted by molar-refractivity contribution is 8.68. The minimum absolute atomic E-state index is 0.0185. The lowest BCUT2D eigenvalue weighted by atomic mass is 9.96. The Kier molecular flexibility index (Phi) is 17.8. The molecule has 0 spiro atoms. The topological polar surface area (TPSA) is 120 Å². The van der Waals surface area contributed by atoms with Crippen molar-refractivity contribution < 1.29 is 33.4 Å². The number of thiol groups is 1. The Morgan fingerprint density at radius 2 is 1.86 bits per heavy atom. The summed E-state index contributed by atoms with van der Waals surface area (Å²) in [5.74, 6) is -1.04. The van der Waals surface area contributed by atoms with E-state index in [4.69, 9.17) is 14.2 Å². The molecule has 1 aromatic heterocycles. The Morgan fingerprint density at radius 1 is 1.11 bits per heavy atom. The van der Waals surface area contributed by atoms with Crippen molar-refractivity contribution in [1.82, 2.24) is 10.6 Å². The largest absolute Gasteiger partial charge is 0.462 e. The average Bonchev–Trinajstić information content (AvgIpc) is 3.34. The smallest absolute Gasteiger partial charge is 0.307 e. The maximum atomic E-state index is 13.0. The summed E-state index contributed by atoms with van der Waals surface area (Å²) in [5, 5.41) is 10.3. The number of carbonyl (C=O) groups excluding carboxylic acids is 4. The van der Waals surface area contributed by atoms with Crippen LogP contribution < -0.4 is 10.6 Å². The average molecular weight is 581 g/mol. The highest BCUT2D eigenvalue weighted by Gasteiger charge is 2.24. The van der Waals surface area contributed by atoms with Crippen LogP contribution >= 0.6 is 45.6 Å². The van der Waals surface area contributed by atoms with Gasteiger partial charge in [0.25, 0.3) is 0 Å². The Morgan fingerprint density at radius 3 is 2.47 bits per heavy atom. The number of amides is 1. The van der Waals surface area contributed by atoms with Crippen molar-refractivity contribution in [2.75, 3.05) is 38.3 Å². The highest BCUT2D eigenvalue weighted by atomic mass is 33.1. The van der Waals surface area contributed by atoms with E-state index in [1.54, 1.807) is 23.1 Å². The Balaban J connectivity index is 2.55. The van der Waals surface area contributed by atoms with E-state index in [-0.39, 0.29) is 43.4 Å². The van der Waals surface area contributed by atoms with Crippen LogP contribution in [0.2, 0.25) is 0 Å². The molecule has 0 fully saturated rings. The molecular weight excluding hydrogens is 545 g/mol. The van der Waals surface area contributed by atoms with Crippen LogP contribution in [0.4, 0.5) is 0 Å². The van der Waals surface area contributed by atoms with E-state index in [9.17, 15) is 19.2 Å². The molecule has 3 unspecified atom stereocenters. The lowest BCUT2D eigenvalue weighted by Gasteiger charge is -2.22. The SMILES string of the molecule is CSCCCNC(CC(Cc1ccsc1)C(=O)NCCC(=O)OCC(COC(C)=O)OC(C)=O)SS. The number of thiophene rings is 1. The van der Waals surface area contributed by atoms with Gasteiger partial charge in [-0.3, -0.25) is 19.2 Å². The van der Waals surface area contributed by atoms with Crippen LogP contribution in [0.15, 0.2) is 16.8 Å². The lowest BCUT2D eigenvalue weighted by Crippen LogP contribution is -2.38. The molecule has 0 bridgehead atoms. The van der Waals surface area contributed by atoms with E-state index in [1.807, 2.05) is 16.8 Å². The maximum Gasteiger partial charge on any atom is 0.307 e. The first-order chi connectivity index (χ1) is 17.2. The molecule has 0 saturated carbocycles. The summed E-state index contributed by atoms with van der Waals surface area (Å²) in [5.41, 5.74) is 1.09. The molecule has 0 radical (unpaired) electrons. The van der Waals surface area contributed by atoms with E-state index in [1.165, 1.54) is 24.6 Å². The van der Waals surface area contributed by atoms with E-state index >= 15 is 0 Å². The fourth-order valence-electron chi connectivity index (χ4n) is 3.13. The molecule has 0 aliphatic carbocycles. The standard InChI is InChI=1S/C23H36N2O7S4/c1-16(26)30-13-20(32-17(2)27)14-31-22(28)5-8-25-23(29)19(11-18-6-10-35-15-18)12-21(36-33)24-7-4-9-34-3/h6,10,15,19-21,24,33H,4-5,7-9,11-14H2,1-3H3,(H,25,29). The summed E-state index contributed by atoms with van der Waals surface area (Å²) in [6, 6.07) is 2.01. The number of ether oxygens (including phenoxy) is 3. The van der Waals surface area contributed by atoms with Crippen LogP contribution in [0, 0.1) is 5.92 Å². The van der Waals surface area contributed by atoms with Gasteiger partial charge in [-0.1, -0.05) is 10.8 Å². The molecule has 36 heavy (non-hydrogen) atoms. The van der Waals surface area contributed by atoms with E-state index in [0.29, 0.717) is 12.8 Å². The predicted molar refractivity (Wildman–Crippen MR) is 148 cm³/mol. The van der Waals surface area contributed by atoms with Crippen LogP contribution in [0.25, 0.3) is 0 Å². The van der Waals surface area contributed by atoms with Crippen molar-refractivity contribution in [3.8, 4) is 0 Å².